The second-order valence-electron chi connectivity index (χ2n) is 5.68. The standard InChI is InChI=1S/C15H19Cl2NO3/c1-10(2)15(20)8-18(9-15)14(19)5-6-21-11-3-4-12(16)13(17)7-11/h3-4,7,10,20H,5-6,8-9H2,1-2H3. The first-order valence-corrected chi connectivity index (χ1v) is 7.65. The van der Waals surface area contributed by atoms with Crippen molar-refractivity contribution in [3.8, 4) is 5.75 Å². The van der Waals surface area contributed by atoms with Crippen LogP contribution in [0.15, 0.2) is 18.2 Å². The molecule has 0 saturated carbocycles. The quantitative estimate of drug-likeness (QED) is 0.902. The molecule has 0 unspecified atom stereocenters. The van der Waals surface area contributed by atoms with E-state index in [2.05, 4.69) is 0 Å². The molecule has 2 rings (SSSR count). The van der Waals surface area contributed by atoms with E-state index in [-0.39, 0.29) is 24.9 Å². The van der Waals surface area contributed by atoms with Gasteiger partial charge in [0.15, 0.2) is 0 Å². The van der Waals surface area contributed by atoms with Crippen LogP contribution in [0.4, 0.5) is 0 Å². The van der Waals surface area contributed by atoms with Gasteiger partial charge in [0.2, 0.25) is 5.91 Å². The van der Waals surface area contributed by atoms with E-state index in [1.807, 2.05) is 13.8 Å². The number of aliphatic hydroxyl groups is 1. The van der Waals surface area contributed by atoms with Crippen molar-refractivity contribution in [2.45, 2.75) is 25.9 Å². The number of carbonyl (C=O) groups excluding carboxylic acids is 1. The summed E-state index contributed by atoms with van der Waals surface area (Å²) in [5.74, 6) is 0.717. The largest absolute Gasteiger partial charge is 0.493 e. The van der Waals surface area contributed by atoms with Gasteiger partial charge in [-0.05, 0) is 18.1 Å². The summed E-state index contributed by atoms with van der Waals surface area (Å²) in [5.41, 5.74) is -0.736. The maximum atomic E-state index is 11.9. The van der Waals surface area contributed by atoms with Crippen molar-refractivity contribution < 1.29 is 14.6 Å². The van der Waals surface area contributed by atoms with Crippen molar-refractivity contribution >= 4 is 29.1 Å². The van der Waals surface area contributed by atoms with Gasteiger partial charge >= 0.3 is 0 Å². The van der Waals surface area contributed by atoms with Crippen LogP contribution in [0.25, 0.3) is 0 Å². The smallest absolute Gasteiger partial charge is 0.226 e. The summed E-state index contributed by atoms with van der Waals surface area (Å²) in [7, 11) is 0. The molecule has 116 valence electrons. The van der Waals surface area contributed by atoms with Crippen LogP contribution in [0.3, 0.4) is 0 Å². The SMILES string of the molecule is CC(C)C1(O)CN(C(=O)CCOc2ccc(Cl)c(Cl)c2)C1. The van der Waals surface area contributed by atoms with Gasteiger partial charge in [-0.3, -0.25) is 4.79 Å². The second kappa shape index (κ2) is 6.42. The summed E-state index contributed by atoms with van der Waals surface area (Å²) in [5, 5.41) is 11.0. The third-order valence-corrected chi connectivity index (χ3v) is 4.57. The molecule has 1 aromatic rings. The first-order valence-electron chi connectivity index (χ1n) is 6.90. The van der Waals surface area contributed by atoms with E-state index in [1.165, 1.54) is 0 Å². The van der Waals surface area contributed by atoms with Crippen molar-refractivity contribution in [2.75, 3.05) is 19.7 Å². The Kier molecular flexibility index (Phi) is 5.02. The van der Waals surface area contributed by atoms with Crippen molar-refractivity contribution in [1.29, 1.82) is 0 Å². The number of carbonyl (C=O) groups is 1. The Morgan fingerprint density at radius 3 is 2.62 bits per heavy atom. The molecular formula is C15H19Cl2NO3. The lowest BCUT2D eigenvalue weighted by Crippen LogP contribution is -2.66. The highest BCUT2D eigenvalue weighted by molar-refractivity contribution is 6.42. The van der Waals surface area contributed by atoms with Gasteiger partial charge in [0.1, 0.15) is 11.4 Å². The number of benzene rings is 1. The fourth-order valence-corrected chi connectivity index (χ4v) is 2.43. The number of likely N-dealkylation sites (tertiary alicyclic amines) is 1. The van der Waals surface area contributed by atoms with Crippen molar-refractivity contribution in [1.82, 2.24) is 4.90 Å². The van der Waals surface area contributed by atoms with Gasteiger partial charge in [-0.15, -0.1) is 0 Å². The summed E-state index contributed by atoms with van der Waals surface area (Å²) < 4.78 is 5.48. The average Bonchev–Trinajstić information content (AvgIpc) is 2.38. The molecule has 1 N–H and O–H groups in total. The summed E-state index contributed by atoms with van der Waals surface area (Å²) in [6.45, 7) is 4.98. The minimum Gasteiger partial charge on any atom is -0.493 e. The normalized spacial score (nSPS) is 16.8. The predicted molar refractivity (Wildman–Crippen MR) is 82.9 cm³/mol. The maximum Gasteiger partial charge on any atom is 0.226 e. The third kappa shape index (κ3) is 3.82. The molecule has 0 aromatic heterocycles. The Morgan fingerprint density at radius 1 is 1.38 bits per heavy atom. The predicted octanol–water partition coefficient (Wildman–Crippen LogP) is 2.99. The molecule has 0 radical (unpaired) electrons. The van der Waals surface area contributed by atoms with Crippen LogP contribution in [-0.4, -0.2) is 41.2 Å². The highest BCUT2D eigenvalue weighted by atomic mass is 35.5. The van der Waals surface area contributed by atoms with E-state index in [1.54, 1.807) is 23.1 Å². The molecule has 0 atom stereocenters. The van der Waals surface area contributed by atoms with Gasteiger partial charge in [0.05, 0.1) is 36.2 Å². The van der Waals surface area contributed by atoms with Crippen LogP contribution in [0.1, 0.15) is 20.3 Å². The number of rotatable bonds is 5. The lowest BCUT2D eigenvalue weighted by Gasteiger charge is -2.49. The van der Waals surface area contributed by atoms with Gasteiger partial charge < -0.3 is 14.7 Å². The van der Waals surface area contributed by atoms with Crippen LogP contribution in [0.2, 0.25) is 10.0 Å². The van der Waals surface area contributed by atoms with Gasteiger partial charge in [-0.2, -0.15) is 0 Å². The Hall–Kier alpha value is -0.970. The summed E-state index contributed by atoms with van der Waals surface area (Å²) in [6, 6.07) is 4.98. The second-order valence-corrected chi connectivity index (χ2v) is 6.50. The van der Waals surface area contributed by atoms with Crippen LogP contribution < -0.4 is 4.74 Å². The number of nitrogens with zero attached hydrogens (tertiary/aromatic N) is 1. The first kappa shape index (κ1) is 16.4. The molecule has 1 amide bonds. The fourth-order valence-electron chi connectivity index (χ4n) is 2.14. The van der Waals surface area contributed by atoms with Gasteiger partial charge in [-0.1, -0.05) is 37.0 Å². The topological polar surface area (TPSA) is 49.8 Å². The minimum absolute atomic E-state index is 0.0135. The molecule has 1 aliphatic rings. The van der Waals surface area contributed by atoms with Crippen molar-refractivity contribution in [2.24, 2.45) is 5.92 Å². The molecular weight excluding hydrogens is 313 g/mol. The summed E-state index contributed by atoms with van der Waals surface area (Å²) in [6.07, 6.45) is 0.272. The Bertz CT molecular complexity index is 528. The first-order chi connectivity index (χ1) is 9.82. The summed E-state index contributed by atoms with van der Waals surface area (Å²) in [4.78, 5) is 13.6. The van der Waals surface area contributed by atoms with Crippen molar-refractivity contribution in [3.05, 3.63) is 28.2 Å². The number of ether oxygens (including phenoxy) is 1. The van der Waals surface area contributed by atoms with E-state index >= 15 is 0 Å². The minimum atomic E-state index is -0.736. The molecule has 1 heterocycles. The number of hydrogen-bond acceptors (Lipinski definition) is 3. The van der Waals surface area contributed by atoms with Crippen LogP contribution in [-0.2, 0) is 4.79 Å². The van der Waals surface area contributed by atoms with Gasteiger partial charge in [0, 0.05) is 6.07 Å². The molecule has 1 aromatic carbocycles. The van der Waals surface area contributed by atoms with Crippen LogP contribution in [0.5, 0.6) is 5.75 Å². The molecule has 1 fully saturated rings. The molecule has 4 nitrogen and oxygen atoms in total. The van der Waals surface area contributed by atoms with E-state index in [0.717, 1.165) is 0 Å². The van der Waals surface area contributed by atoms with Gasteiger partial charge in [0.25, 0.3) is 0 Å². The molecule has 0 spiro atoms. The number of halogens is 2. The maximum absolute atomic E-state index is 11.9. The monoisotopic (exact) mass is 331 g/mol. The zero-order chi connectivity index (χ0) is 15.6. The number of amides is 1. The highest BCUT2D eigenvalue weighted by Gasteiger charge is 2.45. The summed E-state index contributed by atoms with van der Waals surface area (Å²) >= 11 is 11.7. The Balaban J connectivity index is 1.74. The van der Waals surface area contributed by atoms with E-state index in [0.29, 0.717) is 28.9 Å². The lowest BCUT2D eigenvalue weighted by molar-refractivity contribution is -0.164. The average molecular weight is 332 g/mol. The van der Waals surface area contributed by atoms with Crippen LogP contribution in [0, 0.1) is 5.92 Å². The molecule has 21 heavy (non-hydrogen) atoms. The number of hydrogen-bond donors (Lipinski definition) is 1. The van der Waals surface area contributed by atoms with E-state index < -0.39 is 5.60 Å². The zero-order valence-electron chi connectivity index (χ0n) is 12.1. The molecule has 1 saturated heterocycles. The van der Waals surface area contributed by atoms with Crippen LogP contribution >= 0.6 is 23.2 Å². The van der Waals surface area contributed by atoms with Crippen molar-refractivity contribution in [3.63, 3.8) is 0 Å². The Labute approximate surface area is 134 Å². The highest BCUT2D eigenvalue weighted by Crippen LogP contribution is 2.29. The van der Waals surface area contributed by atoms with E-state index in [9.17, 15) is 9.90 Å². The zero-order valence-corrected chi connectivity index (χ0v) is 13.6. The molecule has 1 aliphatic heterocycles. The third-order valence-electron chi connectivity index (χ3n) is 3.83. The fraction of sp³-hybridized carbons (Fsp3) is 0.533. The molecule has 6 heteroatoms. The lowest BCUT2D eigenvalue weighted by atomic mass is 9.83. The van der Waals surface area contributed by atoms with E-state index in [4.69, 9.17) is 27.9 Å². The van der Waals surface area contributed by atoms with Gasteiger partial charge in [-0.25, -0.2) is 0 Å². The number of β-amino-alcohol motifs (C(OH)–C–C–N with tert-alkyl or cyclic N) is 1. The molecule has 0 aliphatic carbocycles. The molecule has 0 bridgehead atoms. The Morgan fingerprint density at radius 2 is 2.05 bits per heavy atom.